The first-order chi connectivity index (χ1) is 43.0. The molecule has 0 aromatic rings. The molecule has 0 spiro atoms. The van der Waals surface area contributed by atoms with Crippen molar-refractivity contribution in [2.24, 2.45) is 0 Å². The molecule has 516 valence electrons. The maximum atomic E-state index is 12.5. The van der Waals surface area contributed by atoms with Crippen molar-refractivity contribution in [2.45, 2.75) is 469 Å². The number of nitrogens with one attached hydrogen (secondary N) is 1. The summed E-state index contributed by atoms with van der Waals surface area (Å²) in [7, 11) is 0. The predicted molar refractivity (Wildman–Crippen MR) is 384 cm³/mol. The predicted octanol–water partition coefficient (Wildman–Crippen LogP) is 26.4. The van der Waals surface area contributed by atoms with Crippen LogP contribution < -0.4 is 5.32 Å². The van der Waals surface area contributed by atoms with Crippen LogP contribution in [-0.2, 0) is 14.3 Å². The van der Waals surface area contributed by atoms with E-state index < -0.39 is 12.1 Å². The second-order valence-electron chi connectivity index (χ2n) is 27.8. The van der Waals surface area contributed by atoms with E-state index in [2.05, 4.69) is 31.3 Å². The topological polar surface area (TPSA) is 95.9 Å². The second kappa shape index (κ2) is 76.8. The summed E-state index contributed by atoms with van der Waals surface area (Å²) in [5.41, 5.74) is 0. The molecule has 0 aromatic carbocycles. The van der Waals surface area contributed by atoms with E-state index in [0.717, 1.165) is 38.5 Å². The summed E-state index contributed by atoms with van der Waals surface area (Å²) < 4.78 is 5.50. The van der Waals surface area contributed by atoms with Crippen LogP contribution in [0, 0.1) is 0 Å². The molecule has 3 N–H and O–H groups in total. The van der Waals surface area contributed by atoms with Crippen molar-refractivity contribution in [1.82, 2.24) is 5.32 Å². The average Bonchev–Trinajstić information content (AvgIpc) is 3.57. The summed E-state index contributed by atoms with van der Waals surface area (Å²) in [6.45, 7) is 4.96. The third kappa shape index (κ3) is 73.3. The zero-order valence-electron chi connectivity index (χ0n) is 59.3. The first kappa shape index (κ1) is 85.3. The van der Waals surface area contributed by atoms with Gasteiger partial charge in [-0.1, -0.05) is 411 Å². The van der Waals surface area contributed by atoms with E-state index in [9.17, 15) is 19.8 Å². The Morgan fingerprint density at radius 1 is 0.310 bits per heavy atom. The van der Waals surface area contributed by atoms with Gasteiger partial charge in [-0.25, -0.2) is 0 Å². The Labute approximate surface area is 545 Å². The monoisotopic (exact) mass is 1220 g/mol. The van der Waals surface area contributed by atoms with Gasteiger partial charge in [-0.15, -0.1) is 0 Å². The Hall–Kier alpha value is -1.66. The Kier molecular flexibility index (Phi) is 75.3. The van der Waals surface area contributed by atoms with Crippen molar-refractivity contribution in [2.75, 3.05) is 13.2 Å². The molecule has 2 atom stereocenters. The van der Waals surface area contributed by atoms with Crippen LogP contribution in [0.4, 0.5) is 0 Å². The molecular weight excluding hydrogens is 1070 g/mol. The quantitative estimate of drug-likeness (QED) is 0.0320. The number of aliphatic hydroxyl groups is 2. The van der Waals surface area contributed by atoms with Gasteiger partial charge in [0.1, 0.15) is 0 Å². The van der Waals surface area contributed by atoms with Gasteiger partial charge in [0.15, 0.2) is 0 Å². The van der Waals surface area contributed by atoms with Crippen molar-refractivity contribution < 1.29 is 24.5 Å². The number of carbonyl (C=O) groups is 2. The number of aliphatic hydroxyl groups excluding tert-OH is 2. The maximum absolute atomic E-state index is 12.5. The van der Waals surface area contributed by atoms with E-state index in [-0.39, 0.29) is 18.5 Å². The lowest BCUT2D eigenvalue weighted by Gasteiger charge is -2.20. The molecule has 2 unspecified atom stereocenters. The molecule has 0 aliphatic heterocycles. The SMILES string of the molecule is CCCCCCCCCCCCCCCCCCCC/C=C/C(O)C(CO)NC(=O)CCCCCCCCCCCCCCCCCCC/C=C\CCCCCCCCCCCCCCCCCCOC(=O)CCCCCCCCCCCCCCC. The molecule has 6 heteroatoms. The molecule has 6 nitrogen and oxygen atoms in total. The summed E-state index contributed by atoms with van der Waals surface area (Å²) in [6, 6.07) is -0.625. The summed E-state index contributed by atoms with van der Waals surface area (Å²) in [6.07, 6.45) is 98.8. The van der Waals surface area contributed by atoms with E-state index in [1.54, 1.807) is 6.08 Å². The molecular formula is C81H157NO5. The molecule has 0 aliphatic rings. The summed E-state index contributed by atoms with van der Waals surface area (Å²) in [5.74, 6) is -0.0356. The molecule has 0 fully saturated rings. The van der Waals surface area contributed by atoms with Crippen LogP contribution in [0.15, 0.2) is 24.3 Å². The van der Waals surface area contributed by atoms with Crippen LogP contribution in [-0.4, -0.2) is 47.4 Å². The molecule has 0 aromatic heterocycles. The fourth-order valence-electron chi connectivity index (χ4n) is 12.9. The van der Waals surface area contributed by atoms with Crippen molar-refractivity contribution in [3.63, 3.8) is 0 Å². The number of hydrogen-bond donors (Lipinski definition) is 3. The van der Waals surface area contributed by atoms with Crippen LogP contribution in [0.25, 0.3) is 0 Å². The molecule has 0 rings (SSSR count). The summed E-state index contributed by atoms with van der Waals surface area (Å²) >= 11 is 0. The number of amides is 1. The first-order valence-corrected chi connectivity index (χ1v) is 40.1. The van der Waals surface area contributed by atoms with Crippen molar-refractivity contribution in [3.8, 4) is 0 Å². The molecule has 0 saturated carbocycles. The lowest BCUT2D eigenvalue weighted by Crippen LogP contribution is -2.45. The largest absolute Gasteiger partial charge is 0.466 e. The van der Waals surface area contributed by atoms with Crippen molar-refractivity contribution in [1.29, 1.82) is 0 Å². The smallest absolute Gasteiger partial charge is 0.305 e. The zero-order chi connectivity index (χ0) is 62.8. The van der Waals surface area contributed by atoms with Gasteiger partial charge in [-0.2, -0.15) is 0 Å². The first-order valence-electron chi connectivity index (χ1n) is 40.1. The van der Waals surface area contributed by atoms with Gasteiger partial charge in [0.2, 0.25) is 5.91 Å². The standard InChI is InChI=1S/C81H157NO5/c1-3-5-7-9-11-13-15-17-18-19-20-40-43-46-50-53-57-61-65-69-73-79(84)78(77-83)82-80(85)74-70-66-62-58-54-51-47-44-41-38-36-34-32-30-28-26-24-22-21-23-25-27-29-31-33-35-37-39-42-45-48-52-56-60-64-68-72-76-87-81(86)75-71-67-63-59-55-49-16-14-12-10-8-6-4-2/h21,23,69,73,78-79,83-84H,3-20,22,24-68,70-72,74-77H2,1-2H3,(H,82,85)/b23-21-,73-69+. The summed E-state index contributed by atoms with van der Waals surface area (Å²) in [5, 5.41) is 23.3. The van der Waals surface area contributed by atoms with Crippen LogP contribution in [0.5, 0.6) is 0 Å². The van der Waals surface area contributed by atoms with Gasteiger partial charge in [0, 0.05) is 12.8 Å². The van der Waals surface area contributed by atoms with E-state index in [4.69, 9.17) is 4.74 Å². The highest BCUT2D eigenvalue weighted by atomic mass is 16.5. The highest BCUT2D eigenvalue weighted by Crippen LogP contribution is 2.20. The van der Waals surface area contributed by atoms with Gasteiger partial charge in [0.25, 0.3) is 0 Å². The third-order valence-electron chi connectivity index (χ3n) is 19.0. The number of esters is 1. The van der Waals surface area contributed by atoms with E-state index in [1.165, 1.54) is 392 Å². The highest BCUT2D eigenvalue weighted by molar-refractivity contribution is 5.76. The summed E-state index contributed by atoms with van der Waals surface area (Å²) in [4.78, 5) is 24.6. The van der Waals surface area contributed by atoms with Crippen LogP contribution in [0.3, 0.4) is 0 Å². The van der Waals surface area contributed by atoms with E-state index >= 15 is 0 Å². The van der Waals surface area contributed by atoms with E-state index in [1.807, 2.05) is 6.08 Å². The lowest BCUT2D eigenvalue weighted by molar-refractivity contribution is -0.143. The average molecular weight is 1230 g/mol. The number of hydrogen-bond acceptors (Lipinski definition) is 5. The number of allylic oxidation sites excluding steroid dienone is 3. The Morgan fingerprint density at radius 2 is 0.540 bits per heavy atom. The lowest BCUT2D eigenvalue weighted by atomic mass is 10.0. The van der Waals surface area contributed by atoms with Gasteiger partial charge in [-0.05, 0) is 57.8 Å². The molecule has 0 heterocycles. The van der Waals surface area contributed by atoms with Gasteiger partial charge in [0.05, 0.1) is 25.4 Å². The minimum atomic E-state index is -0.842. The number of rotatable bonds is 76. The van der Waals surface area contributed by atoms with Crippen molar-refractivity contribution >= 4 is 11.9 Å². The number of ether oxygens (including phenoxy) is 1. The molecule has 0 saturated heterocycles. The van der Waals surface area contributed by atoms with Crippen LogP contribution in [0.1, 0.15) is 457 Å². The molecule has 1 amide bonds. The Morgan fingerprint density at radius 3 is 0.816 bits per heavy atom. The number of unbranched alkanes of at least 4 members (excludes halogenated alkanes) is 63. The van der Waals surface area contributed by atoms with Crippen LogP contribution >= 0.6 is 0 Å². The number of carbonyl (C=O) groups excluding carboxylic acids is 2. The Bertz CT molecular complexity index is 1360. The minimum absolute atomic E-state index is 0.0237. The normalized spacial score (nSPS) is 12.6. The fourth-order valence-corrected chi connectivity index (χ4v) is 12.9. The minimum Gasteiger partial charge on any atom is -0.466 e. The fraction of sp³-hybridized carbons (Fsp3) is 0.926. The van der Waals surface area contributed by atoms with Gasteiger partial charge in [-0.3, -0.25) is 9.59 Å². The second-order valence-corrected chi connectivity index (χ2v) is 27.8. The van der Waals surface area contributed by atoms with Crippen LogP contribution in [0.2, 0.25) is 0 Å². The van der Waals surface area contributed by atoms with Gasteiger partial charge < -0.3 is 20.3 Å². The zero-order valence-corrected chi connectivity index (χ0v) is 59.3. The molecule has 0 bridgehead atoms. The third-order valence-corrected chi connectivity index (χ3v) is 19.0. The van der Waals surface area contributed by atoms with Crippen molar-refractivity contribution in [3.05, 3.63) is 24.3 Å². The Balaban J connectivity index is 3.35. The molecule has 0 radical (unpaired) electrons. The highest BCUT2D eigenvalue weighted by Gasteiger charge is 2.18. The maximum Gasteiger partial charge on any atom is 0.305 e. The van der Waals surface area contributed by atoms with E-state index in [0.29, 0.717) is 19.4 Å². The molecule has 0 aliphatic carbocycles. The molecule has 87 heavy (non-hydrogen) atoms. The van der Waals surface area contributed by atoms with Gasteiger partial charge >= 0.3 is 5.97 Å².